The molecular weight excluding hydrogens is 290 g/mol. The van der Waals surface area contributed by atoms with E-state index in [-0.39, 0.29) is 0 Å². The van der Waals surface area contributed by atoms with Crippen LogP contribution in [0.5, 0.6) is 0 Å². The zero-order chi connectivity index (χ0) is 13.4. The Bertz CT molecular complexity index is 237. The molecule has 1 rings (SSSR count). The molecule has 0 N–H and O–H groups in total. The van der Waals surface area contributed by atoms with Crippen molar-refractivity contribution in [2.75, 3.05) is 18.4 Å². The van der Waals surface area contributed by atoms with Gasteiger partial charge in [-0.25, -0.2) is 0 Å². The van der Waals surface area contributed by atoms with Crippen molar-refractivity contribution in [2.24, 2.45) is 11.8 Å². The van der Waals surface area contributed by atoms with Crippen LogP contribution in [0.15, 0.2) is 0 Å². The van der Waals surface area contributed by atoms with Gasteiger partial charge in [0, 0.05) is 24.3 Å². The fraction of sp³-hybridized carbons (Fsp3) is 0.933. The van der Waals surface area contributed by atoms with Crippen LogP contribution in [0, 0.1) is 11.8 Å². The molecule has 1 aliphatic rings. The molecule has 0 radical (unpaired) electrons. The highest BCUT2D eigenvalue weighted by atomic mass is 79.9. The van der Waals surface area contributed by atoms with Gasteiger partial charge in [-0.3, -0.25) is 4.79 Å². The topological polar surface area (TPSA) is 20.3 Å². The van der Waals surface area contributed by atoms with Crippen LogP contribution >= 0.6 is 15.9 Å². The van der Waals surface area contributed by atoms with Gasteiger partial charge in [0.25, 0.3) is 0 Å². The first-order chi connectivity index (χ1) is 8.72. The third-order valence-electron chi connectivity index (χ3n) is 4.21. The molecule has 0 atom stereocenters. The molecule has 106 valence electrons. The lowest BCUT2D eigenvalue weighted by Gasteiger charge is -2.31. The van der Waals surface area contributed by atoms with Gasteiger partial charge in [-0.05, 0) is 38.5 Å². The van der Waals surface area contributed by atoms with Crippen molar-refractivity contribution < 1.29 is 4.79 Å². The summed E-state index contributed by atoms with van der Waals surface area (Å²) in [5.41, 5.74) is 0. The van der Waals surface area contributed by atoms with E-state index < -0.39 is 0 Å². The molecule has 1 saturated carbocycles. The molecule has 0 aromatic carbocycles. The smallest absolute Gasteiger partial charge is 0.225 e. The Morgan fingerprint density at radius 1 is 1.22 bits per heavy atom. The maximum atomic E-state index is 12.3. The summed E-state index contributed by atoms with van der Waals surface area (Å²) in [5.74, 6) is 1.59. The number of halogens is 1. The molecule has 1 fully saturated rings. The maximum absolute atomic E-state index is 12.3. The zero-order valence-corrected chi connectivity index (χ0v) is 13.5. The largest absolute Gasteiger partial charge is 0.342 e. The van der Waals surface area contributed by atoms with Crippen molar-refractivity contribution in [1.82, 2.24) is 4.90 Å². The predicted molar refractivity (Wildman–Crippen MR) is 81.0 cm³/mol. The average molecular weight is 318 g/mol. The summed E-state index contributed by atoms with van der Waals surface area (Å²) >= 11 is 3.43. The second kappa shape index (κ2) is 8.95. The summed E-state index contributed by atoms with van der Waals surface area (Å²) in [6.07, 6.45) is 8.79. The monoisotopic (exact) mass is 317 g/mol. The fourth-order valence-electron chi connectivity index (χ4n) is 2.98. The molecule has 0 aromatic heterocycles. The van der Waals surface area contributed by atoms with E-state index in [1.54, 1.807) is 0 Å². The lowest BCUT2D eigenvalue weighted by Crippen LogP contribution is -2.38. The number of hydrogen-bond acceptors (Lipinski definition) is 1. The number of carbonyl (C=O) groups is 1. The minimum atomic E-state index is 0.307. The highest BCUT2D eigenvalue weighted by Crippen LogP contribution is 2.32. The van der Waals surface area contributed by atoms with Gasteiger partial charge in [-0.2, -0.15) is 0 Å². The summed E-state index contributed by atoms with van der Waals surface area (Å²) in [7, 11) is 0. The van der Waals surface area contributed by atoms with Gasteiger partial charge in [0.15, 0.2) is 0 Å². The van der Waals surface area contributed by atoms with Gasteiger partial charge in [0.05, 0.1) is 0 Å². The van der Waals surface area contributed by atoms with Crippen molar-refractivity contribution in [3.63, 3.8) is 0 Å². The van der Waals surface area contributed by atoms with Crippen molar-refractivity contribution >= 4 is 21.8 Å². The fourth-order valence-corrected chi connectivity index (χ4v) is 3.40. The molecule has 1 amide bonds. The van der Waals surface area contributed by atoms with Crippen molar-refractivity contribution in [3.05, 3.63) is 0 Å². The average Bonchev–Trinajstić information content (AvgIpc) is 2.42. The highest BCUT2D eigenvalue weighted by molar-refractivity contribution is 9.09. The van der Waals surface area contributed by atoms with E-state index in [0.29, 0.717) is 11.8 Å². The summed E-state index contributed by atoms with van der Waals surface area (Å²) < 4.78 is 0. The minimum absolute atomic E-state index is 0.307. The van der Waals surface area contributed by atoms with Gasteiger partial charge >= 0.3 is 0 Å². The summed E-state index contributed by atoms with van der Waals surface area (Å²) in [6, 6.07) is 0. The van der Waals surface area contributed by atoms with Crippen molar-refractivity contribution in [2.45, 2.75) is 58.8 Å². The first-order valence-electron chi connectivity index (χ1n) is 7.57. The second-order valence-corrected chi connectivity index (χ2v) is 6.26. The second-order valence-electron chi connectivity index (χ2n) is 5.47. The summed E-state index contributed by atoms with van der Waals surface area (Å²) in [5, 5.41) is 0.887. The van der Waals surface area contributed by atoms with E-state index >= 15 is 0 Å². The Hall–Kier alpha value is -0.0500. The molecule has 2 nitrogen and oxygen atoms in total. The maximum Gasteiger partial charge on any atom is 0.225 e. The van der Waals surface area contributed by atoms with E-state index in [4.69, 9.17) is 0 Å². The number of nitrogens with zero attached hydrogens (tertiary/aromatic N) is 1. The quantitative estimate of drug-likeness (QED) is 0.643. The molecule has 0 heterocycles. The Kier molecular flexibility index (Phi) is 7.96. The van der Waals surface area contributed by atoms with E-state index in [0.717, 1.165) is 37.2 Å². The summed E-state index contributed by atoms with van der Waals surface area (Å²) in [4.78, 5) is 14.4. The standard InChI is InChI=1S/C15H28BrNO/c1-3-5-6-13-7-9-14(10-8-13)15(18)17(4-2)12-11-16/h13-14H,3-12H2,1-2H3. The van der Waals surface area contributed by atoms with E-state index in [2.05, 4.69) is 29.8 Å². The van der Waals surface area contributed by atoms with Gasteiger partial charge in [0.2, 0.25) is 5.91 Å². The van der Waals surface area contributed by atoms with Crippen LogP contribution in [0.2, 0.25) is 0 Å². The molecule has 0 bridgehead atoms. The van der Waals surface area contributed by atoms with Crippen LogP contribution in [0.3, 0.4) is 0 Å². The number of rotatable bonds is 7. The highest BCUT2D eigenvalue weighted by Gasteiger charge is 2.28. The Balaban J connectivity index is 2.34. The van der Waals surface area contributed by atoms with Crippen LogP contribution < -0.4 is 0 Å². The van der Waals surface area contributed by atoms with Crippen LogP contribution in [0.1, 0.15) is 58.8 Å². The third-order valence-corrected chi connectivity index (χ3v) is 4.56. The Morgan fingerprint density at radius 3 is 2.39 bits per heavy atom. The molecule has 3 heteroatoms. The number of hydrogen-bond donors (Lipinski definition) is 0. The lowest BCUT2D eigenvalue weighted by atomic mass is 9.79. The normalized spacial score (nSPS) is 23.9. The zero-order valence-electron chi connectivity index (χ0n) is 12.0. The first kappa shape index (κ1) is 16.0. The number of carbonyl (C=O) groups excluding carboxylic acids is 1. The molecule has 0 aliphatic heterocycles. The Morgan fingerprint density at radius 2 is 1.89 bits per heavy atom. The molecule has 0 unspecified atom stereocenters. The van der Waals surface area contributed by atoms with Gasteiger partial charge in [-0.1, -0.05) is 42.1 Å². The SMILES string of the molecule is CCCCC1CCC(C(=O)N(CC)CCBr)CC1. The van der Waals surface area contributed by atoms with Crippen LogP contribution in [-0.2, 0) is 4.79 Å². The minimum Gasteiger partial charge on any atom is -0.342 e. The number of alkyl halides is 1. The molecule has 18 heavy (non-hydrogen) atoms. The molecule has 0 aromatic rings. The van der Waals surface area contributed by atoms with Gasteiger partial charge < -0.3 is 4.90 Å². The number of amides is 1. The molecule has 0 saturated heterocycles. The van der Waals surface area contributed by atoms with Crippen LogP contribution in [-0.4, -0.2) is 29.2 Å². The van der Waals surface area contributed by atoms with Crippen LogP contribution in [0.25, 0.3) is 0 Å². The van der Waals surface area contributed by atoms with Gasteiger partial charge in [0.1, 0.15) is 0 Å². The molecular formula is C15H28BrNO. The van der Waals surface area contributed by atoms with Gasteiger partial charge in [-0.15, -0.1) is 0 Å². The van der Waals surface area contributed by atoms with Crippen molar-refractivity contribution in [1.29, 1.82) is 0 Å². The number of unbranched alkanes of at least 4 members (excludes halogenated alkanes) is 1. The van der Waals surface area contributed by atoms with Crippen molar-refractivity contribution in [3.8, 4) is 0 Å². The van der Waals surface area contributed by atoms with E-state index in [9.17, 15) is 4.79 Å². The van der Waals surface area contributed by atoms with E-state index in [1.807, 2.05) is 4.90 Å². The molecule has 1 aliphatic carbocycles. The molecule has 0 spiro atoms. The van der Waals surface area contributed by atoms with Crippen LogP contribution in [0.4, 0.5) is 0 Å². The first-order valence-corrected chi connectivity index (χ1v) is 8.69. The van der Waals surface area contributed by atoms with E-state index in [1.165, 1.54) is 32.1 Å². The Labute approximate surface area is 121 Å². The predicted octanol–water partition coefficient (Wildman–Crippen LogP) is 4.23. The summed E-state index contributed by atoms with van der Waals surface area (Å²) in [6.45, 7) is 6.04. The third kappa shape index (κ3) is 4.91. The lowest BCUT2D eigenvalue weighted by molar-refractivity contribution is -0.136.